The minimum Gasteiger partial charge on any atom is -0.374 e. The number of nitrogens with one attached hydrogen (secondary N) is 2. The summed E-state index contributed by atoms with van der Waals surface area (Å²) < 4.78 is 0. The van der Waals surface area contributed by atoms with Gasteiger partial charge in [0.25, 0.3) is 0 Å². The smallest absolute Gasteiger partial charge is 0.116 e. The van der Waals surface area contributed by atoms with Crippen molar-refractivity contribution >= 4 is 0 Å². The molecule has 68 valence electrons. The standard InChI is InChI=1S/C9H17N3/c1-10-9-7-5-3-4-6-8(7)11-12(9)2/h8,10-11H,3-6H2,1-2H3. The highest BCUT2D eigenvalue weighted by molar-refractivity contribution is 5.23. The third kappa shape index (κ3) is 1.08. The van der Waals surface area contributed by atoms with Crippen LogP contribution in [0.2, 0.25) is 0 Å². The fraction of sp³-hybridized carbons (Fsp3) is 0.778. The molecule has 0 aromatic carbocycles. The van der Waals surface area contributed by atoms with E-state index < -0.39 is 0 Å². The molecule has 0 bridgehead atoms. The van der Waals surface area contributed by atoms with Crippen molar-refractivity contribution in [2.24, 2.45) is 0 Å². The molecule has 1 atom stereocenters. The van der Waals surface area contributed by atoms with Gasteiger partial charge in [-0.3, -0.25) is 5.01 Å². The highest BCUT2D eigenvalue weighted by Gasteiger charge is 2.29. The molecule has 0 aromatic heterocycles. The molecule has 3 nitrogen and oxygen atoms in total. The highest BCUT2D eigenvalue weighted by Crippen LogP contribution is 2.30. The van der Waals surface area contributed by atoms with Crippen LogP contribution < -0.4 is 10.7 Å². The van der Waals surface area contributed by atoms with E-state index in [4.69, 9.17) is 0 Å². The zero-order valence-corrected chi connectivity index (χ0v) is 7.85. The summed E-state index contributed by atoms with van der Waals surface area (Å²) in [6.07, 6.45) is 5.28. The van der Waals surface area contributed by atoms with Crippen molar-refractivity contribution in [3.8, 4) is 0 Å². The van der Waals surface area contributed by atoms with Crippen LogP contribution in [0.4, 0.5) is 0 Å². The number of nitrogens with zero attached hydrogens (tertiary/aromatic N) is 1. The van der Waals surface area contributed by atoms with Crippen LogP contribution in [0, 0.1) is 0 Å². The first-order chi connectivity index (χ1) is 5.83. The predicted octanol–water partition coefficient (Wildman–Crippen LogP) is 0.810. The van der Waals surface area contributed by atoms with Gasteiger partial charge in [-0.1, -0.05) is 6.42 Å². The lowest BCUT2D eigenvalue weighted by atomic mass is 9.91. The number of hydrogen-bond donors (Lipinski definition) is 2. The van der Waals surface area contributed by atoms with Crippen LogP contribution in [0.1, 0.15) is 25.7 Å². The van der Waals surface area contributed by atoms with Gasteiger partial charge in [0.1, 0.15) is 5.82 Å². The van der Waals surface area contributed by atoms with E-state index in [1.165, 1.54) is 31.5 Å². The Bertz CT molecular complexity index is 210. The van der Waals surface area contributed by atoms with E-state index in [2.05, 4.69) is 22.8 Å². The molecule has 0 saturated heterocycles. The average molecular weight is 167 g/mol. The molecule has 0 amide bonds. The molecule has 1 aliphatic heterocycles. The summed E-state index contributed by atoms with van der Waals surface area (Å²) in [6, 6.07) is 0.617. The first-order valence-corrected chi connectivity index (χ1v) is 4.73. The molecular weight excluding hydrogens is 150 g/mol. The third-order valence-electron chi connectivity index (χ3n) is 2.84. The summed E-state index contributed by atoms with van der Waals surface area (Å²) in [5, 5.41) is 5.37. The molecule has 0 radical (unpaired) electrons. The van der Waals surface area contributed by atoms with E-state index in [1.54, 1.807) is 5.57 Å². The van der Waals surface area contributed by atoms with E-state index in [1.807, 2.05) is 7.05 Å². The minimum absolute atomic E-state index is 0.617. The van der Waals surface area contributed by atoms with Gasteiger partial charge in [0.15, 0.2) is 0 Å². The van der Waals surface area contributed by atoms with Crippen molar-refractivity contribution in [1.29, 1.82) is 0 Å². The van der Waals surface area contributed by atoms with Crippen LogP contribution in [0.3, 0.4) is 0 Å². The molecule has 2 N–H and O–H groups in total. The normalized spacial score (nSPS) is 29.2. The van der Waals surface area contributed by atoms with Crippen LogP contribution >= 0.6 is 0 Å². The molecule has 3 heteroatoms. The van der Waals surface area contributed by atoms with Gasteiger partial charge >= 0.3 is 0 Å². The lowest BCUT2D eigenvalue weighted by Gasteiger charge is -2.20. The second-order valence-electron chi connectivity index (χ2n) is 3.61. The summed E-state index contributed by atoms with van der Waals surface area (Å²) >= 11 is 0. The van der Waals surface area contributed by atoms with Crippen LogP contribution in [0.5, 0.6) is 0 Å². The maximum Gasteiger partial charge on any atom is 0.116 e. The highest BCUT2D eigenvalue weighted by atomic mass is 15.6. The Balaban J connectivity index is 2.22. The number of fused-ring (bicyclic) bond motifs is 1. The second kappa shape index (κ2) is 2.98. The summed E-state index contributed by atoms with van der Waals surface area (Å²) in [7, 11) is 4.08. The minimum atomic E-state index is 0.617. The maximum absolute atomic E-state index is 3.45. The fourth-order valence-corrected chi connectivity index (χ4v) is 2.28. The van der Waals surface area contributed by atoms with Gasteiger partial charge in [0.2, 0.25) is 0 Å². The Hall–Kier alpha value is -0.700. The second-order valence-corrected chi connectivity index (χ2v) is 3.61. The van der Waals surface area contributed by atoms with Crippen molar-refractivity contribution in [2.75, 3.05) is 14.1 Å². The molecule has 1 heterocycles. The molecule has 12 heavy (non-hydrogen) atoms. The topological polar surface area (TPSA) is 27.3 Å². The van der Waals surface area contributed by atoms with Gasteiger partial charge in [0.05, 0.1) is 6.04 Å². The summed E-state index contributed by atoms with van der Waals surface area (Å²) in [6.45, 7) is 0. The molecule has 0 aromatic rings. The maximum atomic E-state index is 3.45. The van der Waals surface area contributed by atoms with Crippen molar-refractivity contribution in [1.82, 2.24) is 15.8 Å². The molecule has 1 saturated carbocycles. The molecule has 2 aliphatic rings. The number of hydrogen-bond acceptors (Lipinski definition) is 3. The molecular formula is C9H17N3. The van der Waals surface area contributed by atoms with Crippen LogP contribution in [-0.2, 0) is 0 Å². The summed E-state index contributed by atoms with van der Waals surface area (Å²) in [5.74, 6) is 1.29. The SMILES string of the molecule is CNC1=C2CCCCC2NN1C. The zero-order chi connectivity index (χ0) is 8.55. The van der Waals surface area contributed by atoms with Gasteiger partial charge < -0.3 is 5.32 Å². The van der Waals surface area contributed by atoms with Crippen LogP contribution in [-0.4, -0.2) is 25.1 Å². The monoisotopic (exact) mass is 167 g/mol. The van der Waals surface area contributed by atoms with E-state index in [0.29, 0.717) is 6.04 Å². The van der Waals surface area contributed by atoms with Gasteiger partial charge in [-0.05, 0) is 24.8 Å². The van der Waals surface area contributed by atoms with E-state index >= 15 is 0 Å². The van der Waals surface area contributed by atoms with Gasteiger partial charge in [-0.15, -0.1) is 0 Å². The van der Waals surface area contributed by atoms with Crippen molar-refractivity contribution < 1.29 is 0 Å². The fourth-order valence-electron chi connectivity index (χ4n) is 2.28. The van der Waals surface area contributed by atoms with Crippen molar-refractivity contribution in [3.05, 3.63) is 11.4 Å². The lowest BCUT2D eigenvalue weighted by molar-refractivity contribution is 0.282. The van der Waals surface area contributed by atoms with Crippen molar-refractivity contribution in [3.63, 3.8) is 0 Å². The summed E-state index contributed by atoms with van der Waals surface area (Å²) in [4.78, 5) is 0. The molecule has 1 unspecified atom stereocenters. The van der Waals surface area contributed by atoms with E-state index in [-0.39, 0.29) is 0 Å². The lowest BCUT2D eigenvalue weighted by Crippen LogP contribution is -2.36. The van der Waals surface area contributed by atoms with Gasteiger partial charge in [-0.25, -0.2) is 5.43 Å². The molecule has 2 rings (SSSR count). The first-order valence-electron chi connectivity index (χ1n) is 4.73. The van der Waals surface area contributed by atoms with Crippen molar-refractivity contribution in [2.45, 2.75) is 31.7 Å². The van der Waals surface area contributed by atoms with Crippen LogP contribution in [0.25, 0.3) is 0 Å². The first kappa shape index (κ1) is 7.92. The van der Waals surface area contributed by atoms with E-state index in [0.717, 1.165) is 0 Å². The number of rotatable bonds is 1. The Morgan fingerprint density at radius 1 is 1.50 bits per heavy atom. The molecule has 1 fully saturated rings. The Morgan fingerprint density at radius 2 is 2.33 bits per heavy atom. The predicted molar refractivity (Wildman–Crippen MR) is 49.2 cm³/mol. The third-order valence-corrected chi connectivity index (χ3v) is 2.84. The van der Waals surface area contributed by atoms with Gasteiger partial charge in [0, 0.05) is 14.1 Å². The van der Waals surface area contributed by atoms with Crippen LogP contribution in [0.15, 0.2) is 11.4 Å². The summed E-state index contributed by atoms with van der Waals surface area (Å²) in [5.41, 5.74) is 5.03. The zero-order valence-electron chi connectivity index (χ0n) is 7.85. The molecule has 0 spiro atoms. The van der Waals surface area contributed by atoms with Gasteiger partial charge in [-0.2, -0.15) is 0 Å². The largest absolute Gasteiger partial charge is 0.374 e. The average Bonchev–Trinajstić information content (AvgIpc) is 2.40. The Morgan fingerprint density at radius 3 is 3.08 bits per heavy atom. The quantitative estimate of drug-likeness (QED) is 0.605. The molecule has 1 aliphatic carbocycles. The van der Waals surface area contributed by atoms with E-state index in [9.17, 15) is 0 Å². The Kier molecular flexibility index (Phi) is 1.97. The number of hydrazine groups is 1. The Labute approximate surface area is 73.8 Å².